The number of carboxylic acids is 1. The number of carboxylic acid groups (broad SMARTS) is 1. The summed E-state index contributed by atoms with van der Waals surface area (Å²) in [5, 5.41) is 49.5. The summed E-state index contributed by atoms with van der Waals surface area (Å²) < 4.78 is 19.6. The topological polar surface area (TPSA) is 317 Å². The zero-order valence-corrected chi connectivity index (χ0v) is 44.3. The highest BCUT2D eigenvalue weighted by Gasteiger charge is 2.35. The molecule has 77 heavy (non-hydrogen) atoms. The Labute approximate surface area is 453 Å². The van der Waals surface area contributed by atoms with Gasteiger partial charge in [-0.25, -0.2) is 9.36 Å². The molecule has 0 saturated carbocycles. The van der Waals surface area contributed by atoms with Crippen molar-refractivity contribution in [3.8, 4) is 23.8 Å². The number of terminal acetylenes is 1. The predicted octanol–water partition coefficient (Wildman–Crippen LogP) is -1.26. The van der Waals surface area contributed by atoms with E-state index in [1.807, 2.05) is 40.7 Å². The van der Waals surface area contributed by atoms with Crippen LogP contribution in [-0.2, 0) is 41.4 Å². The number of piperazine rings is 2. The van der Waals surface area contributed by atoms with E-state index in [1.165, 1.54) is 4.68 Å². The summed E-state index contributed by atoms with van der Waals surface area (Å²) in [6.07, 6.45) is 9.90. The van der Waals surface area contributed by atoms with Crippen LogP contribution in [-0.4, -0.2) is 186 Å². The number of phenols is 2. The zero-order chi connectivity index (χ0) is 54.0. The van der Waals surface area contributed by atoms with Crippen molar-refractivity contribution in [3.63, 3.8) is 0 Å². The Balaban J connectivity index is 0.00000961. The lowest BCUT2D eigenvalue weighted by molar-refractivity contribution is -0.139. The van der Waals surface area contributed by atoms with Crippen LogP contribution in [0.25, 0.3) is 0 Å². The first-order chi connectivity index (χ1) is 36.8. The van der Waals surface area contributed by atoms with Gasteiger partial charge in [-0.3, -0.25) is 14.4 Å². The maximum atomic E-state index is 14.4. The van der Waals surface area contributed by atoms with E-state index in [4.69, 9.17) is 47.1 Å². The molecule has 7 rings (SSSR count). The van der Waals surface area contributed by atoms with Gasteiger partial charge in [-0.1, -0.05) is 60.9 Å². The lowest BCUT2D eigenvalue weighted by Crippen LogP contribution is -3.00. The van der Waals surface area contributed by atoms with Gasteiger partial charge < -0.3 is 78.3 Å². The predicted molar refractivity (Wildman–Crippen MR) is 279 cm³/mol. The molecule has 2 aliphatic rings. The van der Waals surface area contributed by atoms with E-state index in [0.717, 1.165) is 17.5 Å². The molecule has 2 amide bonds. The number of ether oxygens (including phenoxy) is 3. The molecule has 3 unspecified atom stereocenters. The third-order valence-corrected chi connectivity index (χ3v) is 13.4. The van der Waals surface area contributed by atoms with Gasteiger partial charge in [-0.05, 0) is 60.6 Å². The van der Waals surface area contributed by atoms with Gasteiger partial charge in [0.1, 0.15) is 30.2 Å². The number of nitrogens with one attached hydrogen (secondary N) is 1. The monoisotopic (exact) mass is 1090 g/mol. The van der Waals surface area contributed by atoms with E-state index < -0.39 is 30.1 Å². The van der Waals surface area contributed by atoms with Crippen LogP contribution in [0.15, 0.2) is 60.9 Å². The average molecular weight is 1090 g/mol. The van der Waals surface area contributed by atoms with Gasteiger partial charge in [0.05, 0.1) is 68.9 Å². The summed E-state index contributed by atoms with van der Waals surface area (Å²) in [4.78, 5) is 62.5. The average Bonchev–Trinajstić information content (AvgIpc) is 4.14. The van der Waals surface area contributed by atoms with Gasteiger partial charge in [0.25, 0.3) is 0 Å². The van der Waals surface area contributed by atoms with E-state index in [-0.39, 0.29) is 74.2 Å². The Morgan fingerprint density at radius 1 is 0.701 bits per heavy atom. The number of amides is 2. The number of nitrogens with two attached hydrogens (primary N) is 2. The van der Waals surface area contributed by atoms with Crippen LogP contribution < -0.4 is 39.0 Å². The Hall–Kier alpha value is -7.21. The number of anilines is 3. The highest BCUT2D eigenvalue weighted by molar-refractivity contribution is 5.82. The van der Waals surface area contributed by atoms with E-state index in [0.29, 0.717) is 121 Å². The third-order valence-electron chi connectivity index (χ3n) is 13.4. The minimum absolute atomic E-state index is 0. The number of hydrogen-bond acceptors (Lipinski definition) is 20. The van der Waals surface area contributed by atoms with Crippen molar-refractivity contribution in [3.05, 3.63) is 83.4 Å². The van der Waals surface area contributed by atoms with Crippen LogP contribution >= 0.6 is 0 Å². The van der Waals surface area contributed by atoms with Crippen LogP contribution in [0, 0.1) is 18.3 Å². The SMILES string of the molecule is C#CCOCCOCCOCCNc1nc(N2CCN(C(=O)C([C@@H](C)CC)n3cc(C(N)Cc4ccc(O)cc4)nn3)CC2)nc(N2CCN(C(=O)[C@H](CCC(=O)O)n3cc(C(N)Cc4ccc(O)cc4)nn3)CC2)n1.[Cl-]. The number of benzene rings is 2. The highest BCUT2D eigenvalue weighted by Crippen LogP contribution is 2.28. The van der Waals surface area contributed by atoms with Crippen molar-refractivity contribution in [2.24, 2.45) is 17.4 Å². The molecule has 5 heterocycles. The maximum Gasteiger partial charge on any atom is 0.303 e. The van der Waals surface area contributed by atoms with Crippen LogP contribution in [0.5, 0.6) is 11.5 Å². The normalized spacial score (nSPS) is 15.7. The summed E-state index contributed by atoms with van der Waals surface area (Å²) in [6.45, 7) is 9.51. The number of aliphatic carboxylic acids is 1. The first-order valence-electron chi connectivity index (χ1n) is 25.7. The van der Waals surface area contributed by atoms with E-state index >= 15 is 0 Å². The van der Waals surface area contributed by atoms with E-state index in [9.17, 15) is 29.7 Å². The largest absolute Gasteiger partial charge is 1.00 e. The maximum absolute atomic E-state index is 14.4. The quantitative estimate of drug-likeness (QED) is 0.0252. The number of carbonyl (C=O) groups excluding carboxylic acids is 2. The Bertz CT molecular complexity index is 2670. The summed E-state index contributed by atoms with van der Waals surface area (Å²) in [5.41, 5.74) is 15.8. The van der Waals surface area contributed by atoms with Gasteiger partial charge >= 0.3 is 5.97 Å². The lowest BCUT2D eigenvalue weighted by atomic mass is 9.97. The standard InChI is InChI=1S/C51H70N16O9.ClH/c1-4-25-74-27-29-76-30-28-75-26-16-54-49-55-50(64-21-17-62(18-22-64)47(72)44(14-15-45(70)71)66-33-42(58-60-66)40(52)31-36-6-10-38(68)11-7-36)57-51(56-49)65-23-19-63(20-24-65)48(73)46(35(3)5-2)67-34-43(59-61-67)41(53)32-37-8-12-39(69)13-9-37;/h1,6-13,33-35,40-41,44,46,68-69H,5,14-32,52-53H2,2-3H3,(H,70,71)(H,54,55,56,57);1H/p-1/t35-,40?,41?,44-,46?;/m0./s1. The number of halogens is 1. The molecule has 8 N–H and O–H groups in total. The third kappa shape index (κ3) is 16.9. The molecule has 2 saturated heterocycles. The van der Waals surface area contributed by atoms with Gasteiger partial charge in [0.15, 0.2) is 0 Å². The molecule has 0 aliphatic carbocycles. The minimum atomic E-state index is -1.05. The fraction of sp³-hybridized carbons (Fsp3) is 0.529. The number of phenolic OH excluding ortho intramolecular Hbond substituents is 2. The van der Waals surface area contributed by atoms with Crippen LogP contribution in [0.1, 0.15) is 79.8 Å². The molecule has 416 valence electrons. The zero-order valence-electron chi connectivity index (χ0n) is 43.5. The van der Waals surface area contributed by atoms with Crippen LogP contribution in [0.2, 0.25) is 0 Å². The minimum Gasteiger partial charge on any atom is -1.00 e. The van der Waals surface area contributed by atoms with Crippen molar-refractivity contribution in [2.45, 2.75) is 70.1 Å². The van der Waals surface area contributed by atoms with Crippen molar-refractivity contribution >= 4 is 35.6 Å². The molecule has 2 fully saturated rings. The van der Waals surface area contributed by atoms with Gasteiger partial charge in [0, 0.05) is 65.3 Å². The number of nitrogens with zero attached hydrogens (tertiary/aromatic N) is 13. The fourth-order valence-corrected chi connectivity index (χ4v) is 8.83. The molecule has 2 aliphatic heterocycles. The molecular formula is C51H70ClN16O9-. The molecule has 26 heteroatoms. The number of aromatic nitrogens is 9. The lowest BCUT2D eigenvalue weighted by Gasteiger charge is -2.38. The van der Waals surface area contributed by atoms with Gasteiger partial charge in [0.2, 0.25) is 29.7 Å². The van der Waals surface area contributed by atoms with E-state index in [2.05, 4.69) is 31.9 Å². The number of carbonyl (C=O) groups is 3. The second-order valence-electron chi connectivity index (χ2n) is 18.8. The van der Waals surface area contributed by atoms with Crippen LogP contribution in [0.4, 0.5) is 17.8 Å². The van der Waals surface area contributed by atoms with Gasteiger partial charge in [-0.2, -0.15) is 15.0 Å². The Morgan fingerprint density at radius 3 is 1.69 bits per heavy atom. The van der Waals surface area contributed by atoms with Gasteiger partial charge in [-0.15, -0.1) is 16.6 Å². The summed E-state index contributed by atoms with van der Waals surface area (Å²) in [5.74, 6) is 2.38. The molecule has 25 nitrogen and oxygen atoms in total. The molecular weight excluding hydrogens is 1020 g/mol. The molecule has 0 bridgehead atoms. The van der Waals surface area contributed by atoms with Crippen molar-refractivity contribution in [1.29, 1.82) is 0 Å². The Morgan fingerprint density at radius 2 is 1.18 bits per heavy atom. The first-order valence-corrected chi connectivity index (χ1v) is 25.7. The number of rotatable bonds is 28. The summed E-state index contributed by atoms with van der Waals surface area (Å²) >= 11 is 0. The Kier molecular flexibility index (Phi) is 22.5. The van der Waals surface area contributed by atoms with Crippen molar-refractivity contribution in [1.82, 2.24) is 54.7 Å². The van der Waals surface area contributed by atoms with Crippen molar-refractivity contribution in [2.75, 3.05) is 114 Å². The fourth-order valence-electron chi connectivity index (χ4n) is 8.83. The van der Waals surface area contributed by atoms with Crippen molar-refractivity contribution < 1.29 is 56.3 Å². The molecule has 0 radical (unpaired) electrons. The smallest absolute Gasteiger partial charge is 0.303 e. The van der Waals surface area contributed by atoms with E-state index in [1.54, 1.807) is 58.4 Å². The van der Waals surface area contributed by atoms with Crippen LogP contribution in [0.3, 0.4) is 0 Å². The number of aromatic hydroxyl groups is 2. The second kappa shape index (κ2) is 29.3. The molecule has 5 aromatic rings. The number of hydrogen-bond donors (Lipinski definition) is 6. The molecule has 3 aromatic heterocycles. The molecule has 5 atom stereocenters. The molecule has 2 aromatic carbocycles. The molecule has 0 spiro atoms. The first kappa shape index (κ1) is 59.0. The highest BCUT2D eigenvalue weighted by atomic mass is 35.5. The second-order valence-corrected chi connectivity index (χ2v) is 18.8. The summed E-state index contributed by atoms with van der Waals surface area (Å²) in [6, 6.07) is 11.0. The summed E-state index contributed by atoms with van der Waals surface area (Å²) in [7, 11) is 0.